The molecule has 3 atom stereocenters. The third-order valence-electron chi connectivity index (χ3n) is 9.12. The SMILES string of the molecule is COC(=O)C1C(C)=NC(COCCN)=C(C(=O)O[C@@]2(C)CCN(CCC(c3ccccc3)c3ccccc3)C2)[C@@H]1c1ccccc1Cl. The van der Waals surface area contributed by atoms with Crippen LogP contribution in [0.15, 0.2) is 101 Å². The predicted octanol–water partition coefficient (Wildman–Crippen LogP) is 6.15. The van der Waals surface area contributed by atoms with Gasteiger partial charge >= 0.3 is 11.9 Å². The number of esters is 2. The van der Waals surface area contributed by atoms with Crippen molar-refractivity contribution in [1.29, 1.82) is 0 Å². The lowest BCUT2D eigenvalue weighted by atomic mass is 9.75. The quantitative estimate of drug-likeness (QED) is 0.174. The number of nitrogens with two attached hydrogens (primary N) is 1. The lowest BCUT2D eigenvalue weighted by Gasteiger charge is -2.34. The molecular weight excluding hydrogens is 614 g/mol. The van der Waals surface area contributed by atoms with Crippen molar-refractivity contribution in [1.82, 2.24) is 4.90 Å². The van der Waals surface area contributed by atoms with E-state index in [-0.39, 0.29) is 24.7 Å². The number of hydrogen-bond donors (Lipinski definition) is 1. The van der Waals surface area contributed by atoms with E-state index in [2.05, 4.69) is 53.4 Å². The first-order chi connectivity index (χ1) is 22.7. The summed E-state index contributed by atoms with van der Waals surface area (Å²) in [6.45, 7) is 6.60. The van der Waals surface area contributed by atoms with Crippen molar-refractivity contribution in [3.8, 4) is 0 Å². The zero-order chi connectivity index (χ0) is 33.4. The molecule has 47 heavy (non-hydrogen) atoms. The van der Waals surface area contributed by atoms with Crippen LogP contribution in [0, 0.1) is 5.92 Å². The van der Waals surface area contributed by atoms with Gasteiger partial charge in [-0.15, -0.1) is 0 Å². The fraction of sp³-hybridized carbons (Fsp3) is 0.395. The molecule has 248 valence electrons. The van der Waals surface area contributed by atoms with Crippen molar-refractivity contribution in [2.24, 2.45) is 16.6 Å². The van der Waals surface area contributed by atoms with Gasteiger partial charge in [0.25, 0.3) is 0 Å². The zero-order valence-electron chi connectivity index (χ0n) is 27.4. The minimum atomic E-state index is -0.860. The molecule has 1 saturated heterocycles. The van der Waals surface area contributed by atoms with Gasteiger partial charge in [-0.1, -0.05) is 90.5 Å². The van der Waals surface area contributed by atoms with Crippen molar-refractivity contribution < 1.29 is 23.8 Å². The molecule has 2 heterocycles. The van der Waals surface area contributed by atoms with Gasteiger partial charge in [-0.3, -0.25) is 14.7 Å². The molecular formula is C38H44ClN3O5. The smallest absolute Gasteiger partial charge is 0.337 e. The summed E-state index contributed by atoms with van der Waals surface area (Å²) in [6, 6.07) is 28.3. The van der Waals surface area contributed by atoms with Gasteiger partial charge in [-0.2, -0.15) is 0 Å². The van der Waals surface area contributed by atoms with Crippen molar-refractivity contribution in [2.75, 3.05) is 46.5 Å². The standard InChI is InChI=1S/C38H44ClN3O5/c1-26-33(36(43)45-3)34(30-16-10-11-17-31(30)39)35(32(41-26)24-46-23-20-40)37(44)47-38(2)19-22-42(25-38)21-18-29(27-12-6-4-7-13-27)28-14-8-5-9-15-28/h4-17,29,33-34H,18-25,40H2,1-3H3/t33?,34-,38+/m1/s1. The van der Waals surface area contributed by atoms with E-state index >= 15 is 0 Å². The van der Waals surface area contributed by atoms with Gasteiger partial charge in [-0.25, -0.2) is 4.79 Å². The van der Waals surface area contributed by atoms with E-state index in [1.807, 2.05) is 37.3 Å². The Bertz CT molecular complexity index is 1560. The molecule has 0 bridgehead atoms. The molecule has 5 rings (SSSR count). The Balaban J connectivity index is 1.39. The van der Waals surface area contributed by atoms with E-state index in [9.17, 15) is 9.59 Å². The molecule has 2 N–H and O–H groups in total. The second kappa shape index (κ2) is 15.8. The van der Waals surface area contributed by atoms with Crippen LogP contribution in [0.25, 0.3) is 0 Å². The number of hydrogen-bond acceptors (Lipinski definition) is 8. The molecule has 9 heteroatoms. The summed E-state index contributed by atoms with van der Waals surface area (Å²) in [6.07, 6.45) is 1.60. The van der Waals surface area contributed by atoms with Gasteiger partial charge in [0.05, 0.1) is 31.6 Å². The van der Waals surface area contributed by atoms with Crippen molar-refractivity contribution in [3.05, 3.63) is 118 Å². The molecule has 0 saturated carbocycles. The summed E-state index contributed by atoms with van der Waals surface area (Å²) in [5, 5.41) is 0.429. The molecule has 8 nitrogen and oxygen atoms in total. The van der Waals surface area contributed by atoms with Crippen LogP contribution in [0.5, 0.6) is 0 Å². The molecule has 0 spiro atoms. The third-order valence-corrected chi connectivity index (χ3v) is 9.47. The molecule has 3 aromatic rings. The number of likely N-dealkylation sites (tertiary alicyclic amines) is 1. The van der Waals surface area contributed by atoms with Crippen LogP contribution in [0.1, 0.15) is 55.2 Å². The first kappa shape index (κ1) is 34.5. The molecule has 1 unspecified atom stereocenters. The van der Waals surface area contributed by atoms with E-state index in [1.54, 1.807) is 13.0 Å². The second-order valence-corrected chi connectivity index (χ2v) is 12.9. The largest absolute Gasteiger partial charge is 0.468 e. The normalized spacial score (nSPS) is 21.5. The van der Waals surface area contributed by atoms with Crippen LogP contribution < -0.4 is 5.73 Å². The highest BCUT2D eigenvalue weighted by Crippen LogP contribution is 2.43. The van der Waals surface area contributed by atoms with Gasteiger partial charge in [0, 0.05) is 48.6 Å². The summed E-state index contributed by atoms with van der Waals surface area (Å²) in [5.74, 6) is -2.42. The highest BCUT2D eigenvalue weighted by atomic mass is 35.5. The number of carbonyl (C=O) groups excluding carboxylic acids is 2. The van der Waals surface area contributed by atoms with Crippen molar-refractivity contribution in [3.63, 3.8) is 0 Å². The first-order valence-electron chi connectivity index (χ1n) is 16.2. The number of halogens is 1. The number of nitrogens with zero attached hydrogens (tertiary/aromatic N) is 2. The summed E-state index contributed by atoms with van der Waals surface area (Å²) in [4.78, 5) is 34.6. The Hall–Kier alpha value is -3.82. The zero-order valence-corrected chi connectivity index (χ0v) is 28.1. The maximum atomic E-state index is 14.4. The van der Waals surface area contributed by atoms with Crippen LogP contribution in [0.2, 0.25) is 5.02 Å². The fourth-order valence-electron chi connectivity index (χ4n) is 6.82. The Morgan fingerprint density at radius 1 is 1.02 bits per heavy atom. The third kappa shape index (κ3) is 8.19. The molecule has 0 radical (unpaired) electrons. The lowest BCUT2D eigenvalue weighted by molar-refractivity contribution is -0.152. The molecule has 3 aromatic carbocycles. The summed E-state index contributed by atoms with van der Waals surface area (Å²) in [5.41, 5.74) is 9.28. The molecule has 0 aromatic heterocycles. The maximum Gasteiger partial charge on any atom is 0.337 e. The number of rotatable bonds is 13. The second-order valence-electron chi connectivity index (χ2n) is 12.5. The number of aliphatic imine (C=N–C) groups is 1. The summed E-state index contributed by atoms with van der Waals surface area (Å²) in [7, 11) is 1.33. The van der Waals surface area contributed by atoms with Gasteiger partial charge in [-0.05, 0) is 49.6 Å². The van der Waals surface area contributed by atoms with E-state index in [1.165, 1.54) is 18.2 Å². The molecule has 0 aliphatic carbocycles. The average Bonchev–Trinajstić information content (AvgIpc) is 3.45. The number of methoxy groups -OCH3 is 1. The summed E-state index contributed by atoms with van der Waals surface area (Å²) >= 11 is 6.71. The van der Waals surface area contributed by atoms with Gasteiger partial charge in [0.2, 0.25) is 0 Å². The van der Waals surface area contributed by atoms with Gasteiger partial charge in [0.1, 0.15) is 11.5 Å². The highest BCUT2D eigenvalue weighted by molar-refractivity contribution is 6.31. The van der Waals surface area contributed by atoms with Gasteiger partial charge in [0.15, 0.2) is 0 Å². The van der Waals surface area contributed by atoms with Crippen LogP contribution >= 0.6 is 11.6 Å². The molecule has 0 amide bonds. The Morgan fingerprint density at radius 2 is 1.66 bits per heavy atom. The van der Waals surface area contributed by atoms with Crippen LogP contribution in [-0.2, 0) is 23.8 Å². The Labute approximate surface area is 282 Å². The minimum Gasteiger partial charge on any atom is -0.468 e. The van der Waals surface area contributed by atoms with Gasteiger partial charge < -0.3 is 19.9 Å². The average molecular weight is 658 g/mol. The highest BCUT2D eigenvalue weighted by Gasteiger charge is 2.46. The molecule has 1 fully saturated rings. The monoisotopic (exact) mass is 657 g/mol. The Morgan fingerprint density at radius 3 is 2.28 bits per heavy atom. The maximum absolute atomic E-state index is 14.4. The van der Waals surface area contributed by atoms with Crippen LogP contribution in [0.4, 0.5) is 0 Å². The Kier molecular flexibility index (Phi) is 11.6. The van der Waals surface area contributed by atoms with Crippen LogP contribution in [-0.4, -0.2) is 74.7 Å². The predicted molar refractivity (Wildman–Crippen MR) is 185 cm³/mol. The van der Waals surface area contributed by atoms with E-state index in [0.29, 0.717) is 41.5 Å². The lowest BCUT2D eigenvalue weighted by Crippen LogP contribution is -2.41. The van der Waals surface area contributed by atoms with E-state index < -0.39 is 29.4 Å². The topological polar surface area (TPSA) is 103 Å². The fourth-order valence-corrected chi connectivity index (χ4v) is 7.07. The van der Waals surface area contributed by atoms with Crippen molar-refractivity contribution >= 4 is 29.3 Å². The molecule has 2 aliphatic heterocycles. The first-order valence-corrected chi connectivity index (χ1v) is 16.6. The summed E-state index contributed by atoms with van der Waals surface area (Å²) < 4.78 is 17.4. The van der Waals surface area contributed by atoms with Crippen LogP contribution in [0.3, 0.4) is 0 Å². The number of carbonyl (C=O) groups is 2. The van der Waals surface area contributed by atoms with E-state index in [4.69, 9.17) is 36.5 Å². The number of ether oxygens (including phenoxy) is 3. The molecule has 2 aliphatic rings. The van der Waals surface area contributed by atoms with Crippen molar-refractivity contribution in [2.45, 2.75) is 44.1 Å². The number of benzene rings is 3. The minimum absolute atomic E-state index is 0.0387. The van der Waals surface area contributed by atoms with E-state index in [0.717, 1.165) is 19.5 Å².